The van der Waals surface area contributed by atoms with Gasteiger partial charge in [0.05, 0.1) is 0 Å². The Hall–Kier alpha value is -1.80. The predicted molar refractivity (Wildman–Crippen MR) is 78.7 cm³/mol. The van der Waals surface area contributed by atoms with Gasteiger partial charge in [0, 0.05) is 4.47 Å². The molecule has 0 aromatic heterocycles. The maximum atomic E-state index is 9.35. The molecule has 18 heavy (non-hydrogen) atoms. The van der Waals surface area contributed by atoms with E-state index in [0.29, 0.717) is 5.75 Å². The number of halogens is 1. The van der Waals surface area contributed by atoms with Crippen LogP contribution >= 0.6 is 15.9 Å². The molecular formula is C16H11BrO. The Morgan fingerprint density at radius 2 is 1.39 bits per heavy atom. The first-order chi connectivity index (χ1) is 8.75. The number of rotatable bonds is 1. The molecule has 0 bridgehead atoms. The summed E-state index contributed by atoms with van der Waals surface area (Å²) in [5.41, 5.74) is 2.28. The van der Waals surface area contributed by atoms with Crippen LogP contribution in [0.15, 0.2) is 65.1 Å². The first-order valence-corrected chi connectivity index (χ1v) is 6.51. The van der Waals surface area contributed by atoms with E-state index in [-0.39, 0.29) is 0 Å². The second-order valence-corrected chi connectivity index (χ2v) is 5.04. The Labute approximate surface area is 114 Å². The van der Waals surface area contributed by atoms with E-state index in [1.165, 1.54) is 16.3 Å². The Morgan fingerprint density at radius 3 is 2.17 bits per heavy atom. The maximum absolute atomic E-state index is 9.35. The summed E-state index contributed by atoms with van der Waals surface area (Å²) in [4.78, 5) is 0. The summed E-state index contributed by atoms with van der Waals surface area (Å²) in [7, 11) is 0. The SMILES string of the molecule is Oc1ccc(-c2cccc3c(Br)cccc23)cc1. The second kappa shape index (κ2) is 4.46. The topological polar surface area (TPSA) is 20.2 Å². The lowest BCUT2D eigenvalue weighted by atomic mass is 9.98. The molecule has 0 amide bonds. The number of phenolic OH excluding ortho intramolecular Hbond substituents is 1. The van der Waals surface area contributed by atoms with Gasteiger partial charge in [0.2, 0.25) is 0 Å². The Bertz CT molecular complexity index is 702. The monoisotopic (exact) mass is 298 g/mol. The number of fused-ring (bicyclic) bond motifs is 1. The molecule has 0 spiro atoms. The van der Waals surface area contributed by atoms with Crippen LogP contribution in [-0.2, 0) is 0 Å². The first kappa shape index (κ1) is 11.3. The van der Waals surface area contributed by atoms with Crippen molar-refractivity contribution in [3.63, 3.8) is 0 Å². The molecule has 0 atom stereocenters. The summed E-state index contributed by atoms with van der Waals surface area (Å²) in [5, 5.41) is 11.8. The Kier molecular flexibility index (Phi) is 2.80. The Morgan fingerprint density at radius 1 is 0.722 bits per heavy atom. The lowest BCUT2D eigenvalue weighted by Crippen LogP contribution is -1.81. The van der Waals surface area contributed by atoms with E-state index in [9.17, 15) is 5.11 Å². The van der Waals surface area contributed by atoms with Gasteiger partial charge >= 0.3 is 0 Å². The molecule has 0 fully saturated rings. The van der Waals surface area contributed by atoms with Gasteiger partial charge in [-0.2, -0.15) is 0 Å². The minimum atomic E-state index is 0.292. The van der Waals surface area contributed by atoms with Crippen molar-refractivity contribution >= 4 is 26.7 Å². The number of hydrogen-bond acceptors (Lipinski definition) is 1. The Balaban J connectivity index is 2.29. The zero-order valence-electron chi connectivity index (χ0n) is 9.60. The van der Waals surface area contributed by atoms with E-state index in [4.69, 9.17) is 0 Å². The van der Waals surface area contributed by atoms with Crippen LogP contribution < -0.4 is 0 Å². The van der Waals surface area contributed by atoms with Crippen LogP contribution in [0.1, 0.15) is 0 Å². The highest BCUT2D eigenvalue weighted by Crippen LogP contribution is 2.32. The molecule has 0 aliphatic rings. The van der Waals surface area contributed by atoms with E-state index >= 15 is 0 Å². The highest BCUT2D eigenvalue weighted by atomic mass is 79.9. The molecule has 0 unspecified atom stereocenters. The second-order valence-electron chi connectivity index (χ2n) is 4.19. The number of benzene rings is 3. The fourth-order valence-electron chi connectivity index (χ4n) is 2.16. The summed E-state index contributed by atoms with van der Waals surface area (Å²) < 4.78 is 1.10. The highest BCUT2D eigenvalue weighted by molar-refractivity contribution is 9.10. The molecule has 0 radical (unpaired) electrons. The minimum absolute atomic E-state index is 0.292. The van der Waals surface area contributed by atoms with Gasteiger partial charge in [0.1, 0.15) is 5.75 Å². The molecule has 0 aliphatic heterocycles. The maximum Gasteiger partial charge on any atom is 0.115 e. The summed E-state index contributed by atoms with van der Waals surface area (Å²) >= 11 is 3.58. The van der Waals surface area contributed by atoms with Gasteiger partial charge in [-0.1, -0.05) is 58.4 Å². The summed E-state index contributed by atoms with van der Waals surface area (Å²) in [5.74, 6) is 0.292. The van der Waals surface area contributed by atoms with Crippen molar-refractivity contribution in [3.05, 3.63) is 65.1 Å². The van der Waals surface area contributed by atoms with Gasteiger partial charge in [-0.25, -0.2) is 0 Å². The number of phenols is 1. The van der Waals surface area contributed by atoms with Gasteiger partial charge in [0.25, 0.3) is 0 Å². The van der Waals surface area contributed by atoms with Crippen molar-refractivity contribution in [1.82, 2.24) is 0 Å². The zero-order chi connectivity index (χ0) is 12.5. The largest absolute Gasteiger partial charge is 0.508 e. The first-order valence-electron chi connectivity index (χ1n) is 5.72. The van der Waals surface area contributed by atoms with E-state index in [0.717, 1.165) is 10.0 Å². The average molecular weight is 299 g/mol. The molecule has 0 saturated carbocycles. The molecule has 88 valence electrons. The van der Waals surface area contributed by atoms with Crippen LogP contribution in [0.25, 0.3) is 21.9 Å². The average Bonchev–Trinajstić information content (AvgIpc) is 2.40. The smallest absolute Gasteiger partial charge is 0.115 e. The fourth-order valence-corrected chi connectivity index (χ4v) is 2.66. The van der Waals surface area contributed by atoms with Crippen LogP contribution in [0, 0.1) is 0 Å². The molecule has 0 heterocycles. The zero-order valence-corrected chi connectivity index (χ0v) is 11.2. The van der Waals surface area contributed by atoms with E-state index in [1.807, 2.05) is 24.3 Å². The van der Waals surface area contributed by atoms with Crippen LogP contribution in [-0.4, -0.2) is 5.11 Å². The van der Waals surface area contributed by atoms with Crippen molar-refractivity contribution in [2.75, 3.05) is 0 Å². The summed E-state index contributed by atoms with van der Waals surface area (Å²) in [6.45, 7) is 0. The van der Waals surface area contributed by atoms with Crippen molar-refractivity contribution in [1.29, 1.82) is 0 Å². The van der Waals surface area contributed by atoms with Crippen molar-refractivity contribution < 1.29 is 5.11 Å². The minimum Gasteiger partial charge on any atom is -0.508 e. The van der Waals surface area contributed by atoms with E-state index < -0.39 is 0 Å². The van der Waals surface area contributed by atoms with Crippen LogP contribution in [0.2, 0.25) is 0 Å². The quantitative estimate of drug-likeness (QED) is 0.672. The molecule has 3 aromatic rings. The lowest BCUT2D eigenvalue weighted by molar-refractivity contribution is 0.475. The van der Waals surface area contributed by atoms with Gasteiger partial charge < -0.3 is 5.11 Å². The number of aromatic hydroxyl groups is 1. The molecule has 1 N–H and O–H groups in total. The standard InChI is InChI=1S/C16H11BrO/c17-16-6-2-4-14-13(3-1-5-15(14)16)11-7-9-12(18)10-8-11/h1-10,18H. The third kappa shape index (κ3) is 1.89. The molecule has 1 nitrogen and oxygen atoms in total. The van der Waals surface area contributed by atoms with Crippen LogP contribution in [0.3, 0.4) is 0 Å². The number of hydrogen-bond donors (Lipinski definition) is 1. The summed E-state index contributed by atoms with van der Waals surface area (Å²) in [6.07, 6.45) is 0. The van der Waals surface area contributed by atoms with Gasteiger partial charge in [-0.15, -0.1) is 0 Å². The van der Waals surface area contributed by atoms with Crippen molar-refractivity contribution in [2.45, 2.75) is 0 Å². The van der Waals surface area contributed by atoms with Gasteiger partial charge in [-0.05, 0) is 40.1 Å². The molecule has 2 heteroatoms. The third-order valence-electron chi connectivity index (χ3n) is 3.05. The summed E-state index contributed by atoms with van der Waals surface area (Å²) in [6, 6.07) is 19.7. The third-order valence-corrected chi connectivity index (χ3v) is 3.74. The van der Waals surface area contributed by atoms with Crippen molar-refractivity contribution in [2.24, 2.45) is 0 Å². The van der Waals surface area contributed by atoms with Crippen molar-refractivity contribution in [3.8, 4) is 16.9 Å². The molecule has 3 aromatic carbocycles. The molecule has 0 aliphatic carbocycles. The fraction of sp³-hybridized carbons (Fsp3) is 0. The normalized spacial score (nSPS) is 10.7. The van der Waals surface area contributed by atoms with Gasteiger partial charge in [0.15, 0.2) is 0 Å². The van der Waals surface area contributed by atoms with Gasteiger partial charge in [-0.3, -0.25) is 0 Å². The molecule has 0 saturated heterocycles. The van der Waals surface area contributed by atoms with Crippen LogP contribution in [0.5, 0.6) is 5.75 Å². The lowest BCUT2D eigenvalue weighted by Gasteiger charge is -2.08. The molecule has 3 rings (SSSR count). The predicted octanol–water partition coefficient (Wildman–Crippen LogP) is 4.97. The van der Waals surface area contributed by atoms with E-state index in [2.05, 4.69) is 40.2 Å². The van der Waals surface area contributed by atoms with E-state index in [1.54, 1.807) is 12.1 Å². The highest BCUT2D eigenvalue weighted by Gasteiger charge is 2.05. The molecular weight excluding hydrogens is 288 g/mol. The van der Waals surface area contributed by atoms with Crippen LogP contribution in [0.4, 0.5) is 0 Å².